The lowest BCUT2D eigenvalue weighted by Crippen LogP contribution is -2.35. The van der Waals surface area contributed by atoms with E-state index in [9.17, 15) is 14.7 Å². The third kappa shape index (κ3) is 5.87. The summed E-state index contributed by atoms with van der Waals surface area (Å²) in [6, 6.07) is 21.4. The molecule has 1 aliphatic heterocycles. The number of nitrogens with zero attached hydrogens (tertiary/aromatic N) is 2. The van der Waals surface area contributed by atoms with Gasteiger partial charge in [-0.2, -0.15) is 0 Å². The Balaban J connectivity index is 1.75. The molecule has 3 aromatic carbocycles. The van der Waals surface area contributed by atoms with Crippen molar-refractivity contribution in [2.75, 3.05) is 34.3 Å². The molecule has 0 radical (unpaired) electrons. The molecule has 192 valence electrons. The van der Waals surface area contributed by atoms with E-state index >= 15 is 0 Å². The number of aliphatic hydroxyl groups is 1. The molecule has 0 saturated carbocycles. The summed E-state index contributed by atoms with van der Waals surface area (Å²) in [6.45, 7) is 1.26. The van der Waals surface area contributed by atoms with Gasteiger partial charge in [-0.05, 0) is 71.5 Å². The highest BCUT2D eigenvalue weighted by molar-refractivity contribution is 9.10. The summed E-state index contributed by atoms with van der Waals surface area (Å²) in [6.07, 6.45) is 0. The fourth-order valence-electron chi connectivity index (χ4n) is 4.25. The van der Waals surface area contributed by atoms with Gasteiger partial charge in [-0.1, -0.05) is 42.5 Å². The third-order valence-electron chi connectivity index (χ3n) is 6.18. The molecule has 3 aromatic rings. The number of methoxy groups -OCH3 is 1. The van der Waals surface area contributed by atoms with Crippen LogP contribution in [0, 0.1) is 0 Å². The minimum atomic E-state index is -0.763. The van der Waals surface area contributed by atoms with Crippen LogP contribution >= 0.6 is 15.9 Å². The normalized spacial score (nSPS) is 16.9. The maximum Gasteiger partial charge on any atom is 0.295 e. The van der Waals surface area contributed by atoms with Crippen molar-refractivity contribution in [3.8, 4) is 11.5 Å². The van der Waals surface area contributed by atoms with Crippen molar-refractivity contribution in [1.82, 2.24) is 9.80 Å². The van der Waals surface area contributed by atoms with E-state index in [1.54, 1.807) is 25.3 Å². The van der Waals surface area contributed by atoms with Crippen LogP contribution in [0.2, 0.25) is 0 Å². The van der Waals surface area contributed by atoms with Crippen LogP contribution in [0.3, 0.4) is 0 Å². The molecule has 37 heavy (non-hydrogen) atoms. The molecule has 7 nitrogen and oxygen atoms in total. The van der Waals surface area contributed by atoms with E-state index in [2.05, 4.69) is 15.9 Å². The molecular weight excluding hydrogens is 536 g/mol. The van der Waals surface area contributed by atoms with Crippen molar-refractivity contribution >= 4 is 33.4 Å². The molecule has 1 unspecified atom stereocenters. The van der Waals surface area contributed by atoms with E-state index in [1.807, 2.05) is 73.6 Å². The van der Waals surface area contributed by atoms with Crippen LogP contribution in [0.4, 0.5) is 0 Å². The molecule has 1 aliphatic rings. The van der Waals surface area contributed by atoms with Crippen molar-refractivity contribution in [2.45, 2.75) is 12.6 Å². The van der Waals surface area contributed by atoms with Gasteiger partial charge in [0.05, 0.1) is 23.2 Å². The lowest BCUT2D eigenvalue weighted by Gasteiger charge is -2.27. The lowest BCUT2D eigenvalue weighted by atomic mass is 9.95. The van der Waals surface area contributed by atoms with E-state index in [-0.39, 0.29) is 11.3 Å². The van der Waals surface area contributed by atoms with Gasteiger partial charge in [0, 0.05) is 18.7 Å². The zero-order valence-corrected chi connectivity index (χ0v) is 22.6. The fourth-order valence-corrected chi connectivity index (χ4v) is 4.79. The van der Waals surface area contributed by atoms with E-state index in [0.717, 1.165) is 5.56 Å². The van der Waals surface area contributed by atoms with Crippen LogP contribution < -0.4 is 9.47 Å². The second-order valence-corrected chi connectivity index (χ2v) is 9.85. The third-order valence-corrected chi connectivity index (χ3v) is 6.80. The summed E-state index contributed by atoms with van der Waals surface area (Å²) in [7, 11) is 5.35. The van der Waals surface area contributed by atoms with E-state index in [1.165, 1.54) is 4.90 Å². The first kappa shape index (κ1) is 26.4. The predicted octanol–water partition coefficient (Wildman–Crippen LogP) is 5.02. The van der Waals surface area contributed by atoms with Crippen LogP contribution in [0.1, 0.15) is 22.7 Å². The summed E-state index contributed by atoms with van der Waals surface area (Å²) >= 11 is 3.43. The standard InChI is InChI=1S/C29H29BrN2O5/c1-31(2)14-15-32-26(20-10-7-11-22(16-20)37-18-19-8-5-4-6-9-19)25(28(34)29(32)35)27(33)21-12-13-24(36-3)23(30)17-21/h4-13,16-17,26,33H,14-15,18H2,1-3H3/b27-25+. The van der Waals surface area contributed by atoms with Gasteiger partial charge in [0.15, 0.2) is 0 Å². The number of halogens is 1. The molecule has 1 saturated heterocycles. The van der Waals surface area contributed by atoms with Crippen molar-refractivity contribution in [3.63, 3.8) is 0 Å². The van der Waals surface area contributed by atoms with Crippen LogP contribution in [-0.2, 0) is 16.2 Å². The van der Waals surface area contributed by atoms with Gasteiger partial charge in [-0.3, -0.25) is 9.59 Å². The molecule has 1 amide bonds. The van der Waals surface area contributed by atoms with Crippen molar-refractivity contribution in [1.29, 1.82) is 0 Å². The Morgan fingerprint density at radius 3 is 2.46 bits per heavy atom. The Morgan fingerprint density at radius 1 is 1.03 bits per heavy atom. The number of hydrogen-bond acceptors (Lipinski definition) is 6. The first-order valence-corrected chi connectivity index (χ1v) is 12.6. The minimum absolute atomic E-state index is 0.0426. The molecule has 1 N–H and O–H groups in total. The molecule has 0 spiro atoms. The second kappa shape index (κ2) is 11.6. The van der Waals surface area contributed by atoms with Crippen molar-refractivity contribution in [3.05, 3.63) is 99.5 Å². The van der Waals surface area contributed by atoms with E-state index in [0.29, 0.717) is 46.8 Å². The highest BCUT2D eigenvalue weighted by atomic mass is 79.9. The quantitative estimate of drug-likeness (QED) is 0.223. The Labute approximate surface area is 225 Å². The van der Waals surface area contributed by atoms with Crippen molar-refractivity contribution in [2.24, 2.45) is 0 Å². The van der Waals surface area contributed by atoms with Crippen LogP contribution in [0.5, 0.6) is 11.5 Å². The van der Waals surface area contributed by atoms with Gasteiger partial charge in [-0.15, -0.1) is 0 Å². The molecular formula is C29H29BrN2O5. The molecule has 0 aromatic heterocycles. The van der Waals surface area contributed by atoms with Crippen LogP contribution in [-0.4, -0.2) is 60.9 Å². The van der Waals surface area contributed by atoms with Crippen molar-refractivity contribution < 1.29 is 24.2 Å². The Kier molecular flexibility index (Phi) is 8.31. The van der Waals surface area contributed by atoms with Crippen LogP contribution in [0.15, 0.2) is 82.8 Å². The number of ether oxygens (including phenoxy) is 2. The second-order valence-electron chi connectivity index (χ2n) is 8.99. The Morgan fingerprint density at radius 2 is 1.78 bits per heavy atom. The van der Waals surface area contributed by atoms with E-state index in [4.69, 9.17) is 9.47 Å². The molecule has 0 aliphatic carbocycles. The molecule has 1 fully saturated rings. The zero-order chi connectivity index (χ0) is 26.5. The molecule has 0 bridgehead atoms. The summed E-state index contributed by atoms with van der Waals surface area (Å²) in [5.41, 5.74) is 2.15. The number of likely N-dealkylation sites (tertiary alicyclic amines) is 1. The largest absolute Gasteiger partial charge is 0.507 e. The SMILES string of the molecule is COc1ccc(/C(O)=C2\C(=O)C(=O)N(CCN(C)C)C2c2cccc(OCc3ccccc3)c2)cc1Br. The summed E-state index contributed by atoms with van der Waals surface area (Å²) < 4.78 is 11.9. The fraction of sp³-hybridized carbons (Fsp3) is 0.241. The first-order valence-electron chi connectivity index (χ1n) is 11.8. The number of carbonyl (C=O) groups is 2. The van der Waals surface area contributed by atoms with Gasteiger partial charge < -0.3 is 24.4 Å². The van der Waals surface area contributed by atoms with Gasteiger partial charge in [0.1, 0.15) is 23.9 Å². The summed E-state index contributed by atoms with van der Waals surface area (Å²) in [5, 5.41) is 11.3. The summed E-state index contributed by atoms with van der Waals surface area (Å²) in [5.74, 6) is -0.412. The number of aliphatic hydroxyl groups excluding tert-OH is 1. The number of carbonyl (C=O) groups excluding carboxylic acids is 2. The first-order chi connectivity index (χ1) is 17.8. The van der Waals surface area contributed by atoms with E-state index < -0.39 is 17.7 Å². The number of ketones is 1. The molecule has 8 heteroatoms. The average Bonchev–Trinajstić information content (AvgIpc) is 3.16. The highest BCUT2D eigenvalue weighted by Gasteiger charge is 2.46. The maximum absolute atomic E-state index is 13.3. The zero-order valence-electron chi connectivity index (χ0n) is 21.0. The molecule has 1 atom stereocenters. The Hall–Kier alpha value is -3.62. The number of rotatable bonds is 9. The maximum atomic E-state index is 13.3. The van der Waals surface area contributed by atoms with Gasteiger partial charge in [0.25, 0.3) is 11.7 Å². The Bertz CT molecular complexity index is 1320. The van der Waals surface area contributed by atoms with Gasteiger partial charge in [0.2, 0.25) is 0 Å². The van der Waals surface area contributed by atoms with Gasteiger partial charge in [-0.25, -0.2) is 0 Å². The topological polar surface area (TPSA) is 79.3 Å². The highest BCUT2D eigenvalue weighted by Crippen LogP contribution is 2.41. The smallest absolute Gasteiger partial charge is 0.295 e. The number of likely N-dealkylation sites (N-methyl/N-ethyl adjacent to an activating group) is 1. The van der Waals surface area contributed by atoms with Crippen LogP contribution in [0.25, 0.3) is 5.76 Å². The minimum Gasteiger partial charge on any atom is -0.507 e. The predicted molar refractivity (Wildman–Crippen MR) is 145 cm³/mol. The number of Topliss-reactive ketones (excluding diaryl/α,β-unsaturated/α-hetero) is 1. The number of benzene rings is 3. The lowest BCUT2D eigenvalue weighted by molar-refractivity contribution is -0.140. The number of amides is 1. The number of hydrogen-bond donors (Lipinski definition) is 1. The van der Waals surface area contributed by atoms with Gasteiger partial charge >= 0.3 is 0 Å². The summed E-state index contributed by atoms with van der Waals surface area (Å²) in [4.78, 5) is 29.9. The molecule has 4 rings (SSSR count). The molecule has 1 heterocycles. The monoisotopic (exact) mass is 564 g/mol. The average molecular weight is 565 g/mol.